The molecule has 1 unspecified atom stereocenters. The van der Waals surface area contributed by atoms with Gasteiger partial charge in [0, 0.05) is 20.2 Å². The van der Waals surface area contributed by atoms with E-state index in [-0.39, 0.29) is 30.1 Å². The fourth-order valence-corrected chi connectivity index (χ4v) is 2.31. The first-order valence-electron chi connectivity index (χ1n) is 7.85. The zero-order valence-electron chi connectivity index (χ0n) is 13.9. The summed E-state index contributed by atoms with van der Waals surface area (Å²) in [5.74, 6) is 1.04. The van der Waals surface area contributed by atoms with E-state index in [2.05, 4.69) is 15.6 Å². The number of nitrogens with one attached hydrogen (secondary N) is 2. The number of guanidine groups is 1. The lowest BCUT2D eigenvalue weighted by Crippen LogP contribution is -2.42. The average molecular weight is 473 g/mol. The van der Waals surface area contributed by atoms with Crippen LogP contribution >= 0.6 is 24.0 Å². The summed E-state index contributed by atoms with van der Waals surface area (Å²) >= 11 is 0. The highest BCUT2D eigenvalue weighted by molar-refractivity contribution is 14.0. The summed E-state index contributed by atoms with van der Waals surface area (Å²) in [6.07, 6.45) is -1.99. The second-order valence-corrected chi connectivity index (χ2v) is 5.39. The Kier molecular flexibility index (Phi) is 9.33. The highest BCUT2D eigenvalue weighted by Gasteiger charge is 2.29. The zero-order chi connectivity index (χ0) is 17.4. The molecule has 0 bridgehead atoms. The van der Waals surface area contributed by atoms with Crippen LogP contribution in [0.2, 0.25) is 0 Å². The molecule has 1 saturated heterocycles. The molecule has 25 heavy (non-hydrogen) atoms. The van der Waals surface area contributed by atoms with Gasteiger partial charge in [-0.2, -0.15) is 13.2 Å². The Balaban J connectivity index is 0.00000312. The number of rotatable bonds is 6. The Morgan fingerprint density at radius 2 is 2.00 bits per heavy atom. The van der Waals surface area contributed by atoms with Crippen LogP contribution < -0.4 is 15.4 Å². The number of ether oxygens (including phenoxy) is 2. The molecule has 0 aliphatic carbocycles. The molecule has 0 amide bonds. The molecule has 1 fully saturated rings. The molecule has 0 aromatic heterocycles. The van der Waals surface area contributed by atoms with Gasteiger partial charge in [0.25, 0.3) is 0 Å². The van der Waals surface area contributed by atoms with Gasteiger partial charge in [0.1, 0.15) is 12.4 Å². The first-order chi connectivity index (χ1) is 11.5. The molecule has 0 radical (unpaired) electrons. The van der Waals surface area contributed by atoms with Crippen molar-refractivity contribution in [3.8, 4) is 5.75 Å². The van der Waals surface area contributed by atoms with Crippen molar-refractivity contribution in [2.45, 2.75) is 25.1 Å². The number of halogens is 4. The van der Waals surface area contributed by atoms with Crippen LogP contribution in [0.25, 0.3) is 0 Å². The molecule has 0 saturated carbocycles. The number of hydrogen-bond donors (Lipinski definition) is 2. The number of nitrogens with zero attached hydrogens (tertiary/aromatic N) is 1. The predicted molar refractivity (Wildman–Crippen MR) is 101 cm³/mol. The van der Waals surface area contributed by atoms with Gasteiger partial charge in [-0.1, -0.05) is 0 Å². The number of alkyl halides is 3. The number of aliphatic imine (C=N–C) groups is 1. The summed E-state index contributed by atoms with van der Waals surface area (Å²) in [5, 5.41) is 6.25. The SMILES string of the molecule is CN=C(NCCOc1ccc(C(F)(F)F)cc1)NCC1CCCO1.I. The maximum absolute atomic E-state index is 12.5. The van der Waals surface area contributed by atoms with Crippen molar-refractivity contribution in [3.05, 3.63) is 29.8 Å². The minimum absolute atomic E-state index is 0. The molecule has 5 nitrogen and oxygen atoms in total. The van der Waals surface area contributed by atoms with Crippen molar-refractivity contribution >= 4 is 29.9 Å². The smallest absolute Gasteiger partial charge is 0.416 e. The number of hydrogen-bond acceptors (Lipinski definition) is 3. The maximum atomic E-state index is 12.5. The van der Waals surface area contributed by atoms with Crippen LogP contribution in [0.3, 0.4) is 0 Å². The average Bonchev–Trinajstić information content (AvgIpc) is 3.07. The van der Waals surface area contributed by atoms with E-state index < -0.39 is 11.7 Å². The molecular formula is C16H23F3IN3O2. The van der Waals surface area contributed by atoms with E-state index >= 15 is 0 Å². The van der Waals surface area contributed by atoms with E-state index in [1.165, 1.54) is 12.1 Å². The Morgan fingerprint density at radius 3 is 2.56 bits per heavy atom. The molecule has 9 heteroatoms. The largest absolute Gasteiger partial charge is 0.492 e. The van der Waals surface area contributed by atoms with Crippen LogP contribution in [-0.4, -0.2) is 45.4 Å². The van der Waals surface area contributed by atoms with Crippen molar-refractivity contribution in [2.24, 2.45) is 4.99 Å². The third kappa shape index (κ3) is 7.68. The fourth-order valence-electron chi connectivity index (χ4n) is 2.31. The zero-order valence-corrected chi connectivity index (χ0v) is 16.3. The predicted octanol–water partition coefficient (Wildman–Crippen LogP) is 3.05. The lowest BCUT2D eigenvalue weighted by Gasteiger charge is -2.15. The molecule has 2 rings (SSSR count). The second-order valence-electron chi connectivity index (χ2n) is 5.39. The van der Waals surface area contributed by atoms with Crippen LogP contribution in [0.5, 0.6) is 5.75 Å². The van der Waals surface area contributed by atoms with Gasteiger partial charge in [-0.25, -0.2) is 0 Å². The molecule has 1 aliphatic heterocycles. The summed E-state index contributed by atoms with van der Waals surface area (Å²) in [7, 11) is 1.67. The van der Waals surface area contributed by atoms with Crippen LogP contribution in [0.4, 0.5) is 13.2 Å². The van der Waals surface area contributed by atoms with Crippen LogP contribution in [-0.2, 0) is 10.9 Å². The lowest BCUT2D eigenvalue weighted by molar-refractivity contribution is -0.137. The van der Waals surface area contributed by atoms with E-state index in [1.54, 1.807) is 7.05 Å². The minimum atomic E-state index is -4.33. The summed E-state index contributed by atoms with van der Waals surface area (Å²) in [6.45, 7) is 2.29. The molecular weight excluding hydrogens is 450 g/mol. The standard InChI is InChI=1S/C16H22F3N3O2.HI/c1-20-15(22-11-14-3-2-9-23-14)21-8-10-24-13-6-4-12(5-7-13)16(17,18)19;/h4-7,14H,2-3,8-11H2,1H3,(H2,20,21,22);1H. The molecule has 142 valence electrons. The van der Waals surface area contributed by atoms with Crippen molar-refractivity contribution in [2.75, 3.05) is 33.4 Å². The topological polar surface area (TPSA) is 54.9 Å². The molecule has 1 aliphatic rings. The second kappa shape index (κ2) is 10.7. The molecule has 1 aromatic carbocycles. The summed E-state index contributed by atoms with van der Waals surface area (Å²) in [6, 6.07) is 4.64. The van der Waals surface area contributed by atoms with E-state index in [1.807, 2.05) is 0 Å². The summed E-state index contributed by atoms with van der Waals surface area (Å²) < 4.78 is 48.3. The van der Waals surface area contributed by atoms with Gasteiger partial charge in [0.15, 0.2) is 5.96 Å². The summed E-state index contributed by atoms with van der Waals surface area (Å²) in [4.78, 5) is 4.09. The van der Waals surface area contributed by atoms with Gasteiger partial charge in [0.2, 0.25) is 0 Å². The Bertz CT molecular complexity index is 532. The van der Waals surface area contributed by atoms with E-state index in [0.717, 1.165) is 31.6 Å². The highest BCUT2D eigenvalue weighted by atomic mass is 127. The van der Waals surface area contributed by atoms with Crippen molar-refractivity contribution < 1.29 is 22.6 Å². The van der Waals surface area contributed by atoms with Crippen molar-refractivity contribution in [1.29, 1.82) is 0 Å². The van der Waals surface area contributed by atoms with E-state index in [9.17, 15) is 13.2 Å². The van der Waals surface area contributed by atoms with Crippen LogP contribution in [0.15, 0.2) is 29.3 Å². The van der Waals surface area contributed by atoms with Crippen molar-refractivity contribution in [1.82, 2.24) is 10.6 Å². The van der Waals surface area contributed by atoms with Crippen molar-refractivity contribution in [3.63, 3.8) is 0 Å². The molecule has 1 heterocycles. The third-order valence-electron chi connectivity index (χ3n) is 3.59. The van der Waals surface area contributed by atoms with Gasteiger partial charge >= 0.3 is 6.18 Å². The first-order valence-corrected chi connectivity index (χ1v) is 7.85. The Morgan fingerprint density at radius 1 is 1.28 bits per heavy atom. The monoisotopic (exact) mass is 473 g/mol. The third-order valence-corrected chi connectivity index (χ3v) is 3.59. The number of benzene rings is 1. The highest BCUT2D eigenvalue weighted by Crippen LogP contribution is 2.30. The van der Waals surface area contributed by atoms with Gasteiger partial charge in [0.05, 0.1) is 18.2 Å². The Hall–Kier alpha value is -1.23. The Labute approximate surface area is 162 Å². The minimum Gasteiger partial charge on any atom is -0.492 e. The van der Waals surface area contributed by atoms with Gasteiger partial charge in [-0.3, -0.25) is 4.99 Å². The molecule has 1 atom stereocenters. The lowest BCUT2D eigenvalue weighted by atomic mass is 10.2. The molecule has 0 spiro atoms. The first kappa shape index (κ1) is 21.8. The maximum Gasteiger partial charge on any atom is 0.416 e. The van der Waals surface area contributed by atoms with Crippen LogP contribution in [0, 0.1) is 0 Å². The van der Waals surface area contributed by atoms with Gasteiger partial charge in [-0.15, -0.1) is 24.0 Å². The molecule has 1 aromatic rings. The van der Waals surface area contributed by atoms with Gasteiger partial charge in [-0.05, 0) is 37.1 Å². The summed E-state index contributed by atoms with van der Waals surface area (Å²) in [5.41, 5.74) is -0.688. The normalized spacial score (nSPS) is 17.8. The quantitative estimate of drug-likeness (QED) is 0.289. The van der Waals surface area contributed by atoms with Gasteiger partial charge < -0.3 is 20.1 Å². The fraction of sp³-hybridized carbons (Fsp3) is 0.562. The van der Waals surface area contributed by atoms with E-state index in [0.29, 0.717) is 31.4 Å². The van der Waals surface area contributed by atoms with Crippen LogP contribution in [0.1, 0.15) is 18.4 Å². The van der Waals surface area contributed by atoms with E-state index in [4.69, 9.17) is 9.47 Å². The molecule has 2 N–H and O–H groups in total.